The first kappa shape index (κ1) is 15.3. The molecule has 0 radical (unpaired) electrons. The van der Waals surface area contributed by atoms with Crippen LogP contribution in [-0.2, 0) is 4.79 Å². The van der Waals surface area contributed by atoms with E-state index in [2.05, 4.69) is 4.98 Å². The summed E-state index contributed by atoms with van der Waals surface area (Å²) in [7, 11) is 3.38. The number of aryl methyl sites for hydroxylation is 1. The molecule has 0 unspecified atom stereocenters. The van der Waals surface area contributed by atoms with Crippen molar-refractivity contribution in [1.29, 1.82) is 0 Å². The SMILES string of the molecule is COc1cc2c(/C=C3/C(=O)N(C)c4ccc(O)cc43)c[nH]c2cc1C. The Morgan fingerprint density at radius 3 is 2.80 bits per heavy atom. The van der Waals surface area contributed by atoms with Crippen LogP contribution in [0.2, 0.25) is 0 Å². The van der Waals surface area contributed by atoms with Crippen molar-refractivity contribution in [2.75, 3.05) is 19.1 Å². The van der Waals surface area contributed by atoms with E-state index in [-0.39, 0.29) is 11.7 Å². The van der Waals surface area contributed by atoms with Gasteiger partial charge in [-0.05, 0) is 48.9 Å². The van der Waals surface area contributed by atoms with Gasteiger partial charge in [0, 0.05) is 35.3 Å². The number of carbonyl (C=O) groups is 1. The van der Waals surface area contributed by atoms with Gasteiger partial charge in [0.05, 0.1) is 18.4 Å². The van der Waals surface area contributed by atoms with Gasteiger partial charge >= 0.3 is 0 Å². The predicted molar refractivity (Wildman–Crippen MR) is 99.0 cm³/mol. The van der Waals surface area contributed by atoms with Crippen LogP contribution in [0.25, 0.3) is 22.6 Å². The molecule has 5 nitrogen and oxygen atoms in total. The second kappa shape index (κ2) is 5.41. The predicted octanol–water partition coefficient (Wildman–Crippen LogP) is 3.71. The molecule has 2 aromatic carbocycles. The molecule has 25 heavy (non-hydrogen) atoms. The molecule has 0 bridgehead atoms. The van der Waals surface area contributed by atoms with Crippen LogP contribution in [0.4, 0.5) is 5.69 Å². The summed E-state index contributed by atoms with van der Waals surface area (Å²) >= 11 is 0. The Bertz CT molecular complexity index is 1050. The summed E-state index contributed by atoms with van der Waals surface area (Å²) in [6, 6.07) is 8.97. The van der Waals surface area contributed by atoms with Crippen LogP contribution in [0.5, 0.6) is 11.5 Å². The number of aromatic nitrogens is 1. The first-order chi connectivity index (χ1) is 12.0. The highest BCUT2D eigenvalue weighted by Gasteiger charge is 2.30. The zero-order chi connectivity index (χ0) is 17.7. The number of amides is 1. The third-order valence-electron chi connectivity index (χ3n) is 4.70. The van der Waals surface area contributed by atoms with Crippen LogP contribution >= 0.6 is 0 Å². The number of hydrogen-bond donors (Lipinski definition) is 2. The van der Waals surface area contributed by atoms with Gasteiger partial charge in [0.25, 0.3) is 5.91 Å². The minimum absolute atomic E-state index is 0.0889. The number of anilines is 1. The molecular weight excluding hydrogens is 316 g/mol. The molecular formula is C20H18N2O3. The Balaban J connectivity index is 1.91. The van der Waals surface area contributed by atoms with Gasteiger partial charge in [-0.1, -0.05) is 0 Å². The number of benzene rings is 2. The number of aromatic hydroxyl groups is 1. The van der Waals surface area contributed by atoms with Gasteiger partial charge in [-0.25, -0.2) is 0 Å². The van der Waals surface area contributed by atoms with E-state index in [4.69, 9.17) is 4.74 Å². The van der Waals surface area contributed by atoms with Crippen LogP contribution in [0.3, 0.4) is 0 Å². The number of nitrogens with one attached hydrogen (secondary N) is 1. The van der Waals surface area contributed by atoms with E-state index in [0.717, 1.165) is 39.0 Å². The lowest BCUT2D eigenvalue weighted by molar-refractivity contribution is -0.112. The molecule has 1 aromatic heterocycles. The number of carbonyl (C=O) groups excluding carboxylic acids is 1. The zero-order valence-electron chi connectivity index (χ0n) is 14.3. The Labute approximate surface area is 145 Å². The highest BCUT2D eigenvalue weighted by atomic mass is 16.5. The Morgan fingerprint density at radius 1 is 1.24 bits per heavy atom. The number of H-pyrrole nitrogens is 1. The molecule has 0 spiro atoms. The van der Waals surface area contributed by atoms with Gasteiger partial charge in [-0.3, -0.25) is 4.79 Å². The Hall–Kier alpha value is -3.21. The summed E-state index contributed by atoms with van der Waals surface area (Å²) in [6.07, 6.45) is 3.74. The second-order valence-corrected chi connectivity index (χ2v) is 6.24. The highest BCUT2D eigenvalue weighted by molar-refractivity contribution is 6.36. The maximum Gasteiger partial charge on any atom is 0.258 e. The maximum absolute atomic E-state index is 12.7. The number of aromatic amines is 1. The fourth-order valence-corrected chi connectivity index (χ4v) is 3.35. The molecule has 5 heteroatoms. The number of ether oxygens (including phenoxy) is 1. The van der Waals surface area contributed by atoms with E-state index in [1.807, 2.05) is 31.3 Å². The van der Waals surface area contributed by atoms with E-state index in [9.17, 15) is 9.90 Å². The molecule has 0 fully saturated rings. The zero-order valence-corrected chi connectivity index (χ0v) is 14.3. The van der Waals surface area contributed by atoms with E-state index in [0.29, 0.717) is 5.57 Å². The van der Waals surface area contributed by atoms with Crippen molar-refractivity contribution in [1.82, 2.24) is 4.98 Å². The molecule has 2 N–H and O–H groups in total. The standard InChI is InChI=1S/C20H18N2O3/c1-11-6-17-14(9-19(11)25-3)12(10-21-17)7-16-15-8-13(23)4-5-18(15)22(2)20(16)24/h4-10,21,23H,1-3H3/b16-7+. The molecule has 0 aliphatic carbocycles. The molecule has 0 atom stereocenters. The maximum atomic E-state index is 12.7. The Kier molecular flexibility index (Phi) is 3.32. The lowest BCUT2D eigenvalue weighted by Crippen LogP contribution is -2.20. The summed E-state index contributed by atoms with van der Waals surface area (Å²) in [5.41, 5.74) is 5.03. The van der Waals surface area contributed by atoms with Gasteiger partial charge in [0.2, 0.25) is 0 Å². The van der Waals surface area contributed by atoms with Gasteiger partial charge < -0.3 is 19.7 Å². The monoisotopic (exact) mass is 334 g/mol. The third kappa shape index (κ3) is 2.28. The van der Waals surface area contributed by atoms with Crippen molar-refractivity contribution in [2.45, 2.75) is 6.92 Å². The molecule has 1 amide bonds. The van der Waals surface area contributed by atoms with Crippen molar-refractivity contribution >= 4 is 34.1 Å². The molecule has 1 aliphatic rings. The molecule has 0 saturated carbocycles. The van der Waals surface area contributed by atoms with Gasteiger partial charge in [-0.15, -0.1) is 0 Å². The van der Waals surface area contributed by atoms with E-state index < -0.39 is 0 Å². The number of methoxy groups -OCH3 is 1. The van der Waals surface area contributed by atoms with Gasteiger partial charge in [-0.2, -0.15) is 0 Å². The van der Waals surface area contributed by atoms with Crippen molar-refractivity contribution < 1.29 is 14.6 Å². The summed E-state index contributed by atoms with van der Waals surface area (Å²) in [4.78, 5) is 17.5. The number of likely N-dealkylation sites (N-methyl/N-ethyl adjacent to an activating group) is 1. The lowest BCUT2D eigenvalue weighted by Gasteiger charge is -2.08. The smallest absolute Gasteiger partial charge is 0.258 e. The van der Waals surface area contributed by atoms with E-state index in [1.54, 1.807) is 37.3 Å². The largest absolute Gasteiger partial charge is 0.508 e. The van der Waals surface area contributed by atoms with Crippen molar-refractivity contribution in [2.24, 2.45) is 0 Å². The van der Waals surface area contributed by atoms with Crippen LogP contribution in [0.15, 0.2) is 36.5 Å². The number of phenolic OH excluding ortho intramolecular Hbond substituents is 1. The quantitative estimate of drug-likeness (QED) is 0.702. The molecule has 126 valence electrons. The summed E-state index contributed by atoms with van der Waals surface area (Å²) in [6.45, 7) is 1.99. The molecule has 2 heterocycles. The van der Waals surface area contributed by atoms with E-state index in [1.165, 1.54) is 0 Å². The first-order valence-corrected chi connectivity index (χ1v) is 7.98. The van der Waals surface area contributed by atoms with Crippen molar-refractivity contribution in [3.05, 3.63) is 53.2 Å². The summed E-state index contributed by atoms with van der Waals surface area (Å²) in [5, 5.41) is 10.8. The van der Waals surface area contributed by atoms with Gasteiger partial charge in [0.1, 0.15) is 11.5 Å². The number of rotatable bonds is 2. The lowest BCUT2D eigenvalue weighted by atomic mass is 10.0. The van der Waals surface area contributed by atoms with Gasteiger partial charge in [0.15, 0.2) is 0 Å². The highest BCUT2D eigenvalue weighted by Crippen LogP contribution is 2.39. The normalized spacial score (nSPS) is 15.2. The Morgan fingerprint density at radius 2 is 2.04 bits per heavy atom. The van der Waals surface area contributed by atoms with Crippen LogP contribution in [0, 0.1) is 6.92 Å². The van der Waals surface area contributed by atoms with Crippen molar-refractivity contribution in [3.63, 3.8) is 0 Å². The third-order valence-corrected chi connectivity index (χ3v) is 4.70. The first-order valence-electron chi connectivity index (χ1n) is 7.98. The average Bonchev–Trinajstić information content (AvgIpc) is 3.08. The van der Waals surface area contributed by atoms with Crippen molar-refractivity contribution in [3.8, 4) is 11.5 Å². The number of nitrogens with zero attached hydrogens (tertiary/aromatic N) is 1. The van der Waals surface area contributed by atoms with Crippen LogP contribution in [0.1, 0.15) is 16.7 Å². The topological polar surface area (TPSA) is 65.6 Å². The van der Waals surface area contributed by atoms with E-state index >= 15 is 0 Å². The van der Waals surface area contributed by atoms with Crippen LogP contribution in [-0.4, -0.2) is 30.2 Å². The van der Waals surface area contributed by atoms with Crippen LogP contribution < -0.4 is 9.64 Å². The minimum Gasteiger partial charge on any atom is -0.508 e. The number of phenols is 1. The summed E-state index contributed by atoms with van der Waals surface area (Å²) < 4.78 is 5.41. The average molecular weight is 334 g/mol. The second-order valence-electron chi connectivity index (χ2n) is 6.24. The minimum atomic E-state index is -0.0889. The fourth-order valence-electron chi connectivity index (χ4n) is 3.35. The molecule has 1 aliphatic heterocycles. The number of fused-ring (bicyclic) bond motifs is 2. The molecule has 4 rings (SSSR count). The molecule has 0 saturated heterocycles. The summed E-state index contributed by atoms with van der Waals surface area (Å²) in [5.74, 6) is 0.859. The molecule has 3 aromatic rings. The fraction of sp³-hybridized carbons (Fsp3) is 0.150. The number of hydrogen-bond acceptors (Lipinski definition) is 3.